The molecule has 1 aromatic heterocycles. The maximum Gasteiger partial charge on any atom is 0.266 e. The van der Waals surface area contributed by atoms with Crippen LogP contribution < -0.4 is 5.73 Å². The molecule has 1 fully saturated rings. The maximum atomic E-state index is 12.7. The molecule has 1 aliphatic heterocycles. The fraction of sp³-hybridized carbons (Fsp3) is 0.400. The highest BCUT2D eigenvalue weighted by atomic mass is 32.2. The molecule has 0 bridgehead atoms. The molecule has 106 valence electrons. The molecule has 20 heavy (non-hydrogen) atoms. The molecule has 0 saturated carbocycles. The van der Waals surface area contributed by atoms with Crippen LogP contribution >= 0.6 is 23.1 Å². The van der Waals surface area contributed by atoms with Crippen molar-refractivity contribution in [2.75, 3.05) is 24.6 Å². The van der Waals surface area contributed by atoms with Crippen molar-refractivity contribution in [3.05, 3.63) is 29.1 Å². The Morgan fingerprint density at radius 2 is 2.25 bits per heavy atom. The van der Waals surface area contributed by atoms with Gasteiger partial charge < -0.3 is 10.6 Å². The summed E-state index contributed by atoms with van der Waals surface area (Å²) < 4.78 is 1.09. The Labute approximate surface area is 127 Å². The Balaban J connectivity index is 1.90. The summed E-state index contributed by atoms with van der Waals surface area (Å²) in [5, 5.41) is 1.56. The zero-order valence-electron chi connectivity index (χ0n) is 11.5. The summed E-state index contributed by atoms with van der Waals surface area (Å²) in [6, 6.07) is 7.95. The van der Waals surface area contributed by atoms with E-state index >= 15 is 0 Å². The first kappa shape index (κ1) is 13.8. The van der Waals surface area contributed by atoms with Crippen LogP contribution in [0, 0.1) is 0 Å². The highest BCUT2D eigenvalue weighted by Crippen LogP contribution is 2.35. The topological polar surface area (TPSA) is 46.3 Å². The van der Waals surface area contributed by atoms with Gasteiger partial charge in [-0.15, -0.1) is 11.3 Å². The van der Waals surface area contributed by atoms with Crippen LogP contribution in [0.15, 0.2) is 24.3 Å². The van der Waals surface area contributed by atoms with E-state index in [4.69, 9.17) is 5.73 Å². The quantitative estimate of drug-likeness (QED) is 0.924. The van der Waals surface area contributed by atoms with Gasteiger partial charge in [-0.1, -0.05) is 25.1 Å². The number of nitrogens with two attached hydrogens (primary N) is 1. The first-order valence-electron chi connectivity index (χ1n) is 6.88. The molecule has 2 heterocycles. The Hall–Kier alpha value is -1.20. The molecule has 0 spiro atoms. The Morgan fingerprint density at radius 3 is 3.00 bits per heavy atom. The molecule has 1 saturated heterocycles. The molecule has 2 N–H and O–H groups in total. The molecule has 3 nitrogen and oxygen atoms in total. The number of benzene rings is 1. The predicted octanol–water partition coefficient (Wildman–Crippen LogP) is 3.45. The molecule has 5 heteroatoms. The SMILES string of the molecule is CCC1CN(C(=O)c2sc3ccccc3c2N)CCS1. The maximum absolute atomic E-state index is 12.7. The van der Waals surface area contributed by atoms with Gasteiger partial charge in [-0.3, -0.25) is 4.79 Å². The van der Waals surface area contributed by atoms with Crippen molar-refractivity contribution in [2.24, 2.45) is 0 Å². The lowest BCUT2D eigenvalue weighted by Gasteiger charge is -2.31. The van der Waals surface area contributed by atoms with E-state index in [1.54, 1.807) is 0 Å². The van der Waals surface area contributed by atoms with Crippen LogP contribution in [0.3, 0.4) is 0 Å². The summed E-state index contributed by atoms with van der Waals surface area (Å²) in [5.41, 5.74) is 6.81. The Kier molecular flexibility index (Phi) is 3.89. The number of nitrogens with zero attached hydrogens (tertiary/aromatic N) is 1. The number of hydrogen-bond donors (Lipinski definition) is 1. The predicted molar refractivity (Wildman–Crippen MR) is 88.7 cm³/mol. The summed E-state index contributed by atoms with van der Waals surface area (Å²) in [7, 11) is 0. The van der Waals surface area contributed by atoms with Crippen LogP contribution in [0.5, 0.6) is 0 Å². The van der Waals surface area contributed by atoms with Gasteiger partial charge in [0, 0.05) is 34.2 Å². The molecule has 1 aliphatic rings. The molecule has 1 unspecified atom stereocenters. The number of anilines is 1. The lowest BCUT2D eigenvalue weighted by Crippen LogP contribution is -2.41. The summed E-state index contributed by atoms with van der Waals surface area (Å²) >= 11 is 3.48. The third-order valence-corrected chi connectivity index (χ3v) is 6.26. The van der Waals surface area contributed by atoms with Crippen LogP contribution in [0.2, 0.25) is 0 Å². The van der Waals surface area contributed by atoms with Crippen molar-refractivity contribution < 1.29 is 4.79 Å². The molecular weight excluding hydrogens is 288 g/mol. The average Bonchev–Trinajstić information content (AvgIpc) is 2.84. The van der Waals surface area contributed by atoms with Gasteiger partial charge in [0.1, 0.15) is 4.88 Å². The van der Waals surface area contributed by atoms with Crippen molar-refractivity contribution in [1.29, 1.82) is 0 Å². The standard InChI is InChI=1S/C15H18N2OS2/c1-2-10-9-17(7-8-19-10)15(18)14-13(16)11-5-3-4-6-12(11)20-14/h3-6,10H,2,7-9,16H2,1H3. The second kappa shape index (κ2) is 5.66. The first-order valence-corrected chi connectivity index (χ1v) is 8.75. The fourth-order valence-corrected chi connectivity index (χ4v) is 4.79. The van der Waals surface area contributed by atoms with E-state index in [-0.39, 0.29) is 5.91 Å². The van der Waals surface area contributed by atoms with Crippen LogP contribution in [-0.4, -0.2) is 34.9 Å². The van der Waals surface area contributed by atoms with E-state index in [1.165, 1.54) is 11.3 Å². The van der Waals surface area contributed by atoms with Crippen LogP contribution in [0.1, 0.15) is 23.0 Å². The molecule has 1 aromatic carbocycles. The minimum atomic E-state index is 0.0995. The van der Waals surface area contributed by atoms with Crippen molar-refractivity contribution in [3.63, 3.8) is 0 Å². The molecule has 0 radical (unpaired) electrons. The van der Waals surface area contributed by atoms with Crippen LogP contribution in [-0.2, 0) is 0 Å². The number of carbonyl (C=O) groups is 1. The first-order chi connectivity index (χ1) is 9.70. The van der Waals surface area contributed by atoms with Crippen LogP contribution in [0.25, 0.3) is 10.1 Å². The van der Waals surface area contributed by atoms with E-state index in [1.807, 2.05) is 40.9 Å². The molecular formula is C15H18N2OS2. The average molecular weight is 306 g/mol. The largest absolute Gasteiger partial charge is 0.397 e. The number of carbonyl (C=O) groups excluding carboxylic acids is 1. The zero-order valence-corrected chi connectivity index (χ0v) is 13.1. The van der Waals surface area contributed by atoms with E-state index in [0.717, 1.165) is 35.3 Å². The number of thiophene rings is 1. The molecule has 3 rings (SSSR count). The van der Waals surface area contributed by atoms with Gasteiger partial charge in [0.2, 0.25) is 0 Å². The van der Waals surface area contributed by atoms with Gasteiger partial charge in [-0.05, 0) is 12.5 Å². The normalized spacial score (nSPS) is 19.4. The number of hydrogen-bond acceptors (Lipinski definition) is 4. The van der Waals surface area contributed by atoms with Crippen molar-refractivity contribution in [3.8, 4) is 0 Å². The van der Waals surface area contributed by atoms with Gasteiger partial charge in [-0.2, -0.15) is 11.8 Å². The minimum Gasteiger partial charge on any atom is -0.397 e. The molecule has 0 aliphatic carbocycles. The van der Waals surface area contributed by atoms with Crippen molar-refractivity contribution in [1.82, 2.24) is 4.90 Å². The number of rotatable bonds is 2. The number of nitrogen functional groups attached to an aromatic ring is 1. The van der Waals surface area contributed by atoms with E-state index in [9.17, 15) is 4.79 Å². The van der Waals surface area contributed by atoms with Gasteiger partial charge in [0.15, 0.2) is 0 Å². The summed E-state index contributed by atoms with van der Waals surface area (Å²) in [4.78, 5) is 15.4. The zero-order chi connectivity index (χ0) is 14.1. The minimum absolute atomic E-state index is 0.0995. The third kappa shape index (κ3) is 2.40. The highest BCUT2D eigenvalue weighted by molar-refractivity contribution is 8.00. The molecule has 1 atom stereocenters. The molecule has 2 aromatic rings. The lowest BCUT2D eigenvalue weighted by molar-refractivity contribution is 0.0767. The monoisotopic (exact) mass is 306 g/mol. The number of fused-ring (bicyclic) bond motifs is 1. The highest BCUT2D eigenvalue weighted by Gasteiger charge is 2.26. The second-order valence-electron chi connectivity index (χ2n) is 4.99. The summed E-state index contributed by atoms with van der Waals surface area (Å²) in [6.07, 6.45) is 1.11. The fourth-order valence-electron chi connectivity index (χ4n) is 2.52. The smallest absolute Gasteiger partial charge is 0.266 e. The second-order valence-corrected chi connectivity index (χ2v) is 7.45. The van der Waals surface area contributed by atoms with Gasteiger partial charge in [0.25, 0.3) is 5.91 Å². The molecule has 1 amide bonds. The Morgan fingerprint density at radius 1 is 1.45 bits per heavy atom. The van der Waals surface area contributed by atoms with Crippen molar-refractivity contribution >= 4 is 44.8 Å². The lowest BCUT2D eigenvalue weighted by atomic mass is 10.2. The number of thioether (sulfide) groups is 1. The van der Waals surface area contributed by atoms with Crippen LogP contribution in [0.4, 0.5) is 5.69 Å². The van der Waals surface area contributed by atoms with E-state index < -0.39 is 0 Å². The Bertz CT molecular complexity index is 638. The third-order valence-electron chi connectivity index (χ3n) is 3.71. The van der Waals surface area contributed by atoms with Gasteiger partial charge in [0.05, 0.1) is 5.69 Å². The number of amides is 1. The van der Waals surface area contributed by atoms with Gasteiger partial charge >= 0.3 is 0 Å². The summed E-state index contributed by atoms with van der Waals surface area (Å²) in [6.45, 7) is 3.85. The van der Waals surface area contributed by atoms with E-state index in [0.29, 0.717) is 15.8 Å². The summed E-state index contributed by atoms with van der Waals surface area (Å²) in [5.74, 6) is 1.12. The van der Waals surface area contributed by atoms with Crippen molar-refractivity contribution in [2.45, 2.75) is 18.6 Å². The van der Waals surface area contributed by atoms with E-state index in [2.05, 4.69) is 6.92 Å². The van der Waals surface area contributed by atoms with Gasteiger partial charge in [-0.25, -0.2) is 0 Å².